The Labute approximate surface area is 148 Å². The summed E-state index contributed by atoms with van der Waals surface area (Å²) in [6, 6.07) is 8.67. The maximum absolute atomic E-state index is 12.6. The van der Waals surface area contributed by atoms with Gasteiger partial charge in [-0.25, -0.2) is 4.98 Å². The van der Waals surface area contributed by atoms with Crippen LogP contribution >= 0.6 is 11.3 Å². The van der Waals surface area contributed by atoms with Crippen LogP contribution in [0, 0.1) is 0 Å². The summed E-state index contributed by atoms with van der Waals surface area (Å²) in [6.07, 6.45) is 1.32. The molecule has 0 bridgehead atoms. The highest BCUT2D eigenvalue weighted by molar-refractivity contribution is 7.14. The van der Waals surface area contributed by atoms with Gasteiger partial charge in [-0.2, -0.15) is 0 Å². The lowest BCUT2D eigenvalue weighted by Crippen LogP contribution is -2.36. The van der Waals surface area contributed by atoms with Crippen LogP contribution in [0.15, 0.2) is 35.7 Å². The summed E-state index contributed by atoms with van der Waals surface area (Å²) < 4.78 is 0. The Morgan fingerprint density at radius 1 is 1.28 bits per heavy atom. The van der Waals surface area contributed by atoms with Gasteiger partial charge < -0.3 is 10.0 Å². The quantitative estimate of drug-likeness (QED) is 0.851. The first-order valence-corrected chi connectivity index (χ1v) is 8.74. The maximum atomic E-state index is 12.6. The zero-order chi connectivity index (χ0) is 17.8. The van der Waals surface area contributed by atoms with Crippen LogP contribution in [0.5, 0.6) is 0 Å². The molecule has 2 amide bonds. The van der Waals surface area contributed by atoms with Crippen molar-refractivity contribution in [1.29, 1.82) is 0 Å². The summed E-state index contributed by atoms with van der Waals surface area (Å²) in [4.78, 5) is 42.7. The molecule has 0 radical (unpaired) electrons. The van der Waals surface area contributed by atoms with E-state index >= 15 is 0 Å². The van der Waals surface area contributed by atoms with Gasteiger partial charge in [0.25, 0.3) is 0 Å². The number of carboxylic acid groups (broad SMARTS) is 1. The second-order valence-electron chi connectivity index (χ2n) is 5.66. The molecule has 1 aromatic carbocycles. The Hall–Kier alpha value is -2.74. The molecule has 7 nitrogen and oxygen atoms in total. The number of benzene rings is 1. The SMILES string of the molecule is O=C(O)CN(C(=O)Cc1csc(N2CCCC2=O)n1)c1ccccc1. The number of carbonyl (C=O) groups excluding carboxylic acids is 2. The summed E-state index contributed by atoms with van der Waals surface area (Å²) in [5.41, 5.74) is 1.07. The summed E-state index contributed by atoms with van der Waals surface area (Å²) >= 11 is 1.32. The highest BCUT2D eigenvalue weighted by atomic mass is 32.1. The number of aliphatic carboxylic acids is 1. The summed E-state index contributed by atoms with van der Waals surface area (Å²) in [5.74, 6) is -1.39. The number of aromatic nitrogens is 1. The lowest BCUT2D eigenvalue weighted by Gasteiger charge is -2.20. The minimum absolute atomic E-state index is 0.0132. The molecular weight excluding hydrogens is 342 g/mol. The monoisotopic (exact) mass is 359 g/mol. The van der Waals surface area contributed by atoms with Crippen molar-refractivity contribution in [2.24, 2.45) is 0 Å². The molecule has 1 aromatic heterocycles. The molecule has 8 heteroatoms. The Balaban J connectivity index is 1.74. The van der Waals surface area contributed by atoms with Gasteiger partial charge in [-0.1, -0.05) is 18.2 Å². The van der Waals surface area contributed by atoms with Crippen molar-refractivity contribution in [2.75, 3.05) is 22.9 Å². The first-order valence-electron chi connectivity index (χ1n) is 7.86. The van der Waals surface area contributed by atoms with Gasteiger partial charge in [-0.3, -0.25) is 19.3 Å². The van der Waals surface area contributed by atoms with E-state index in [0.29, 0.717) is 29.5 Å². The molecule has 1 aliphatic heterocycles. The number of carbonyl (C=O) groups is 3. The van der Waals surface area contributed by atoms with Crippen molar-refractivity contribution in [3.05, 3.63) is 41.4 Å². The van der Waals surface area contributed by atoms with E-state index < -0.39 is 12.5 Å². The number of carboxylic acids is 1. The first-order chi connectivity index (χ1) is 12.0. The maximum Gasteiger partial charge on any atom is 0.323 e. The Bertz CT molecular complexity index is 790. The number of rotatable bonds is 6. The predicted molar refractivity (Wildman–Crippen MR) is 93.8 cm³/mol. The molecule has 0 unspecified atom stereocenters. The van der Waals surface area contributed by atoms with Crippen LogP contribution in [-0.2, 0) is 20.8 Å². The third-order valence-corrected chi connectivity index (χ3v) is 4.75. The number of hydrogen-bond acceptors (Lipinski definition) is 5. The van der Waals surface area contributed by atoms with Crippen LogP contribution in [0.4, 0.5) is 10.8 Å². The van der Waals surface area contributed by atoms with E-state index in [4.69, 9.17) is 5.11 Å². The fourth-order valence-electron chi connectivity index (χ4n) is 2.67. The topological polar surface area (TPSA) is 90.8 Å². The Kier molecular flexibility index (Phi) is 5.08. The minimum Gasteiger partial charge on any atom is -0.480 e. The van der Waals surface area contributed by atoms with E-state index in [9.17, 15) is 14.4 Å². The highest BCUT2D eigenvalue weighted by Crippen LogP contribution is 2.26. The molecule has 130 valence electrons. The van der Waals surface area contributed by atoms with Crippen LogP contribution in [0.1, 0.15) is 18.5 Å². The Morgan fingerprint density at radius 2 is 2.04 bits per heavy atom. The fourth-order valence-corrected chi connectivity index (χ4v) is 3.54. The van der Waals surface area contributed by atoms with E-state index in [1.165, 1.54) is 16.2 Å². The standard InChI is InChI=1S/C17H17N3O4S/c21-14-7-4-8-19(14)17-18-12(11-25-17)9-15(22)20(10-16(23)24)13-5-2-1-3-6-13/h1-3,5-6,11H,4,7-10H2,(H,23,24). The van der Waals surface area contributed by atoms with Gasteiger partial charge in [0.2, 0.25) is 11.8 Å². The first kappa shape index (κ1) is 17.1. The van der Waals surface area contributed by atoms with Crippen molar-refractivity contribution in [2.45, 2.75) is 19.3 Å². The number of anilines is 2. The Morgan fingerprint density at radius 3 is 2.68 bits per heavy atom. The number of nitrogens with zero attached hydrogens (tertiary/aromatic N) is 3. The second kappa shape index (κ2) is 7.43. The second-order valence-corrected chi connectivity index (χ2v) is 6.49. The van der Waals surface area contributed by atoms with Gasteiger partial charge in [-0.15, -0.1) is 11.3 Å². The van der Waals surface area contributed by atoms with Gasteiger partial charge >= 0.3 is 5.97 Å². The van der Waals surface area contributed by atoms with Gasteiger partial charge in [0.15, 0.2) is 5.13 Å². The minimum atomic E-state index is -1.08. The van der Waals surface area contributed by atoms with E-state index in [1.807, 2.05) is 0 Å². The molecule has 0 atom stereocenters. The van der Waals surface area contributed by atoms with E-state index in [-0.39, 0.29) is 18.2 Å². The van der Waals surface area contributed by atoms with Crippen LogP contribution < -0.4 is 9.80 Å². The molecule has 0 saturated carbocycles. The third kappa shape index (κ3) is 4.03. The van der Waals surface area contributed by atoms with Crippen LogP contribution in [0.3, 0.4) is 0 Å². The average molecular weight is 359 g/mol. The molecule has 0 spiro atoms. The molecule has 3 rings (SSSR count). The van der Waals surface area contributed by atoms with Gasteiger partial charge in [0.1, 0.15) is 6.54 Å². The van der Waals surface area contributed by atoms with E-state index in [1.54, 1.807) is 40.6 Å². The zero-order valence-electron chi connectivity index (χ0n) is 13.4. The zero-order valence-corrected chi connectivity index (χ0v) is 14.2. The van der Waals surface area contributed by atoms with Crippen molar-refractivity contribution in [3.63, 3.8) is 0 Å². The lowest BCUT2D eigenvalue weighted by atomic mass is 10.2. The summed E-state index contributed by atoms with van der Waals surface area (Å²) in [5, 5.41) is 11.4. The average Bonchev–Trinajstić information content (AvgIpc) is 3.21. The number of hydrogen-bond donors (Lipinski definition) is 1. The van der Waals surface area contributed by atoms with Gasteiger partial charge in [0.05, 0.1) is 12.1 Å². The fraction of sp³-hybridized carbons (Fsp3) is 0.294. The molecule has 2 heterocycles. The molecular formula is C17H17N3O4S. The summed E-state index contributed by atoms with van der Waals surface area (Å²) in [6.45, 7) is 0.235. The highest BCUT2D eigenvalue weighted by Gasteiger charge is 2.25. The van der Waals surface area contributed by atoms with Gasteiger partial charge in [0, 0.05) is 24.0 Å². The molecule has 1 aliphatic rings. The third-order valence-electron chi connectivity index (χ3n) is 3.84. The summed E-state index contributed by atoms with van der Waals surface area (Å²) in [7, 11) is 0. The smallest absolute Gasteiger partial charge is 0.323 e. The molecule has 1 fully saturated rings. The van der Waals surface area contributed by atoms with Gasteiger partial charge in [-0.05, 0) is 18.6 Å². The number of para-hydroxylation sites is 1. The molecule has 1 saturated heterocycles. The van der Waals surface area contributed by atoms with Crippen molar-refractivity contribution >= 4 is 39.9 Å². The van der Waals surface area contributed by atoms with E-state index in [0.717, 1.165) is 6.42 Å². The molecule has 2 aromatic rings. The van der Waals surface area contributed by atoms with E-state index in [2.05, 4.69) is 4.98 Å². The van der Waals surface area contributed by atoms with Crippen molar-refractivity contribution in [1.82, 2.24) is 4.98 Å². The lowest BCUT2D eigenvalue weighted by molar-refractivity contribution is -0.136. The normalized spacial score (nSPS) is 13.9. The number of thiazole rings is 1. The number of amides is 2. The van der Waals surface area contributed by atoms with Crippen LogP contribution in [0.2, 0.25) is 0 Å². The van der Waals surface area contributed by atoms with Crippen molar-refractivity contribution < 1.29 is 19.5 Å². The molecule has 1 N–H and O–H groups in total. The predicted octanol–water partition coefficient (Wildman–Crippen LogP) is 1.93. The van der Waals surface area contributed by atoms with Crippen LogP contribution in [-0.4, -0.2) is 41.0 Å². The molecule has 25 heavy (non-hydrogen) atoms. The van der Waals surface area contributed by atoms with Crippen LogP contribution in [0.25, 0.3) is 0 Å². The molecule has 0 aliphatic carbocycles. The van der Waals surface area contributed by atoms with Crippen molar-refractivity contribution in [3.8, 4) is 0 Å². The largest absolute Gasteiger partial charge is 0.480 e.